The number of nitrogens with two attached hydrogens (primary N) is 2. The summed E-state index contributed by atoms with van der Waals surface area (Å²) < 4.78 is 3.77. The third-order valence-electron chi connectivity index (χ3n) is 6.12. The standard InChI is InChI=1S/C22H21ClN8O7S3/c1-8(24)18-29(5-10-30(18)2-3-39-10)4-9-7-40-20-14(19(35)31(20)15(9)21(36)37)26-17(34)13(28-38-6-11(32)33)12-16(23)41-22(25)27-12/h2-3,5,8,14,20H,4,6-7,24H2,1H3,(H4-,25,26,27,32,33,34,36,37)/b28-13-/t8-,14-,20-/m1/s1. The molecule has 19 heteroatoms. The summed E-state index contributed by atoms with van der Waals surface area (Å²) in [6.45, 7) is 1.13. The van der Waals surface area contributed by atoms with E-state index < -0.39 is 47.5 Å². The molecule has 0 saturated carbocycles. The Bertz CT molecular complexity index is 1640. The lowest BCUT2D eigenvalue weighted by atomic mass is 10.0. The van der Waals surface area contributed by atoms with Crippen molar-refractivity contribution in [2.45, 2.75) is 30.9 Å². The third-order valence-corrected chi connectivity index (χ3v) is 9.35. The Labute approximate surface area is 248 Å². The van der Waals surface area contributed by atoms with E-state index in [0.29, 0.717) is 5.57 Å². The maximum Gasteiger partial charge on any atom is 0.344 e. The number of halogens is 1. The van der Waals surface area contributed by atoms with Crippen LogP contribution in [0.25, 0.3) is 4.83 Å². The van der Waals surface area contributed by atoms with E-state index in [1.807, 2.05) is 33.7 Å². The van der Waals surface area contributed by atoms with Crippen LogP contribution in [0, 0.1) is 0 Å². The van der Waals surface area contributed by atoms with Crippen molar-refractivity contribution >= 4 is 85.5 Å². The number of imidazole rings is 1. The predicted molar refractivity (Wildman–Crippen MR) is 147 cm³/mol. The van der Waals surface area contributed by atoms with Gasteiger partial charge in [-0.2, -0.15) is 4.40 Å². The highest BCUT2D eigenvalue weighted by molar-refractivity contribution is 8.00. The van der Waals surface area contributed by atoms with E-state index >= 15 is 0 Å². The second kappa shape index (κ2) is 11.3. The van der Waals surface area contributed by atoms with Gasteiger partial charge in [0.2, 0.25) is 11.4 Å². The maximum atomic E-state index is 13.2. The zero-order chi connectivity index (χ0) is 29.6. The van der Waals surface area contributed by atoms with Gasteiger partial charge in [0.05, 0.1) is 11.7 Å². The molecule has 0 aliphatic carbocycles. The smallest absolute Gasteiger partial charge is 0.344 e. The van der Waals surface area contributed by atoms with Crippen LogP contribution in [0.5, 0.6) is 0 Å². The fraction of sp³-hybridized carbons (Fsp3) is 0.318. The van der Waals surface area contributed by atoms with Gasteiger partial charge in [-0.3, -0.25) is 14.5 Å². The zero-order valence-electron chi connectivity index (χ0n) is 21.0. The fourth-order valence-corrected chi connectivity index (χ4v) is 7.58. The first kappa shape index (κ1) is 28.8. The summed E-state index contributed by atoms with van der Waals surface area (Å²) in [5, 5.41) is 28.3. The summed E-state index contributed by atoms with van der Waals surface area (Å²) in [6, 6.07) is -1.49. The third kappa shape index (κ3) is 5.35. The predicted octanol–water partition coefficient (Wildman–Crippen LogP) is -1.09. The van der Waals surface area contributed by atoms with E-state index in [2.05, 4.69) is 15.5 Å². The molecule has 3 aromatic rings. The van der Waals surface area contributed by atoms with Crippen LogP contribution < -0.4 is 26.5 Å². The number of anilines is 1. The first-order valence-electron chi connectivity index (χ1n) is 11.7. The van der Waals surface area contributed by atoms with Crippen LogP contribution in [-0.4, -0.2) is 72.6 Å². The van der Waals surface area contributed by atoms with Crippen LogP contribution in [-0.2, 0) is 30.6 Å². The summed E-state index contributed by atoms with van der Waals surface area (Å²) in [4.78, 5) is 60.1. The molecule has 2 amide bonds. The number of oxime groups is 1. The number of carbonyl (C=O) groups is 4. The topological polar surface area (TPSA) is 222 Å². The van der Waals surface area contributed by atoms with Gasteiger partial charge in [-0.15, -0.1) is 11.8 Å². The molecule has 0 bridgehead atoms. The van der Waals surface area contributed by atoms with E-state index in [9.17, 15) is 24.3 Å². The number of hydrogen-bond donors (Lipinski definition) is 4. The van der Waals surface area contributed by atoms with Crippen LogP contribution in [0.4, 0.5) is 5.13 Å². The van der Waals surface area contributed by atoms with Gasteiger partial charge in [-0.1, -0.05) is 39.4 Å². The van der Waals surface area contributed by atoms with Gasteiger partial charge < -0.3 is 36.6 Å². The van der Waals surface area contributed by atoms with Gasteiger partial charge in [-0.25, -0.2) is 14.3 Å². The molecule has 1 saturated heterocycles. The van der Waals surface area contributed by atoms with Crippen molar-refractivity contribution in [1.29, 1.82) is 0 Å². The second-order valence-corrected chi connectivity index (χ2v) is 12.6. The van der Waals surface area contributed by atoms with Gasteiger partial charge in [-0.05, 0) is 6.92 Å². The molecule has 3 aromatic heterocycles. The van der Waals surface area contributed by atoms with E-state index in [1.165, 1.54) is 23.1 Å². The summed E-state index contributed by atoms with van der Waals surface area (Å²) in [7, 11) is 0. The summed E-state index contributed by atoms with van der Waals surface area (Å²) in [5.74, 6) is -3.51. The molecule has 3 atom stereocenters. The first-order valence-corrected chi connectivity index (χ1v) is 14.9. The summed E-state index contributed by atoms with van der Waals surface area (Å²) in [6.07, 6.45) is 3.74. The van der Waals surface area contributed by atoms with Crippen LogP contribution in [0.15, 0.2) is 34.2 Å². The number of aliphatic carboxylic acids is 2. The molecule has 2 aliphatic heterocycles. The van der Waals surface area contributed by atoms with Crippen LogP contribution in [0.3, 0.4) is 0 Å². The summed E-state index contributed by atoms with van der Waals surface area (Å²) >= 11 is 9.72. The minimum atomic E-state index is -1.53. The number of aromatic nitrogens is 3. The Morgan fingerprint density at radius 1 is 1.44 bits per heavy atom. The number of thioether (sulfide) groups is 1. The number of fused-ring (bicyclic) bond motifs is 2. The number of nitrogens with one attached hydrogen (secondary N) is 1. The highest BCUT2D eigenvalue weighted by Crippen LogP contribution is 2.40. The van der Waals surface area contributed by atoms with Gasteiger partial charge in [0.1, 0.15) is 46.4 Å². The minimum absolute atomic E-state index is 0.00930. The fourth-order valence-electron chi connectivity index (χ4n) is 4.53. The highest BCUT2D eigenvalue weighted by Gasteiger charge is 2.53. The monoisotopic (exact) mass is 640 g/mol. The number of carboxylic acid groups (broad SMARTS) is 2. The largest absolute Gasteiger partial charge is 0.543 e. The summed E-state index contributed by atoms with van der Waals surface area (Å²) in [5.41, 5.74) is 11.4. The van der Waals surface area contributed by atoms with E-state index in [0.717, 1.165) is 26.9 Å². The lowest BCUT2D eigenvalue weighted by Gasteiger charge is -2.50. The number of carbonyl (C=O) groups excluding carboxylic acids is 3. The number of nitrogens with zero attached hydrogens (tertiary/aromatic N) is 5. The molecule has 0 aromatic carbocycles. The number of amides is 2. The molecule has 0 radical (unpaired) electrons. The van der Waals surface area contributed by atoms with Gasteiger partial charge >= 0.3 is 5.97 Å². The first-order chi connectivity index (χ1) is 19.5. The quantitative estimate of drug-likeness (QED) is 0.0902. The number of β-lactam (4-membered cyclic amide) rings is 1. The number of carboxylic acids is 2. The van der Waals surface area contributed by atoms with Gasteiger partial charge in [0.25, 0.3) is 17.6 Å². The molecular weight excluding hydrogens is 620 g/mol. The van der Waals surface area contributed by atoms with E-state index in [1.54, 1.807) is 0 Å². The average Bonchev–Trinajstić information content (AvgIpc) is 3.58. The van der Waals surface area contributed by atoms with Crippen molar-refractivity contribution in [3.63, 3.8) is 0 Å². The zero-order valence-corrected chi connectivity index (χ0v) is 24.2. The number of thiazole rings is 2. The molecule has 216 valence electrons. The Balaban J connectivity index is 1.39. The molecule has 5 rings (SSSR count). The van der Waals surface area contributed by atoms with E-state index in [-0.39, 0.29) is 39.2 Å². The van der Waals surface area contributed by atoms with Crippen molar-refractivity contribution < 1.29 is 38.8 Å². The molecule has 2 aliphatic rings. The normalized spacial score (nSPS) is 19.6. The average molecular weight is 641 g/mol. The van der Waals surface area contributed by atoms with Crippen molar-refractivity contribution in [1.82, 2.24) is 19.6 Å². The molecule has 15 nitrogen and oxygen atoms in total. The van der Waals surface area contributed by atoms with Crippen molar-refractivity contribution in [3.8, 4) is 0 Å². The lowest BCUT2D eigenvalue weighted by molar-refractivity contribution is -0.696. The Morgan fingerprint density at radius 2 is 2.20 bits per heavy atom. The number of nitrogen functional groups attached to an aromatic ring is 1. The lowest BCUT2D eigenvalue weighted by Crippen LogP contribution is -2.71. The van der Waals surface area contributed by atoms with Crippen LogP contribution >= 0.6 is 46.0 Å². The Morgan fingerprint density at radius 3 is 2.83 bits per heavy atom. The minimum Gasteiger partial charge on any atom is -0.543 e. The SMILES string of the molecule is C[C@@H](N)c1n2ccsc2c[n+]1CC1=C(C(=O)[O-])N2C(=O)[C@@H](NC(=O)/C(=N\OCC(=O)O)c3nc(N)sc3Cl)[C@H]2SC1. The van der Waals surface area contributed by atoms with Crippen LogP contribution in [0.1, 0.15) is 24.5 Å². The molecule has 1 fully saturated rings. The Hall–Kier alpha value is -3.71. The van der Waals surface area contributed by atoms with Gasteiger partial charge in [0.15, 0.2) is 10.8 Å². The van der Waals surface area contributed by atoms with E-state index in [4.69, 9.17) is 33.0 Å². The second-order valence-electron chi connectivity index (χ2n) is 8.90. The van der Waals surface area contributed by atoms with Gasteiger partial charge in [0, 0.05) is 16.7 Å². The molecule has 41 heavy (non-hydrogen) atoms. The molecule has 0 unspecified atom stereocenters. The van der Waals surface area contributed by atoms with Crippen LogP contribution in [0.2, 0.25) is 4.34 Å². The highest BCUT2D eigenvalue weighted by atomic mass is 35.5. The molecule has 0 spiro atoms. The molecule has 5 heterocycles. The number of hydrogen-bond acceptors (Lipinski definition) is 13. The maximum absolute atomic E-state index is 13.2. The molecule has 6 N–H and O–H groups in total. The van der Waals surface area contributed by atoms with Crippen molar-refractivity contribution in [2.75, 3.05) is 18.1 Å². The van der Waals surface area contributed by atoms with Crippen molar-refractivity contribution in [2.24, 2.45) is 10.9 Å². The van der Waals surface area contributed by atoms with Crippen molar-refractivity contribution in [3.05, 3.63) is 44.9 Å². The molecular formula is C22H21ClN8O7S3. The number of rotatable bonds is 10. The Kier molecular flexibility index (Phi) is 7.93.